The van der Waals surface area contributed by atoms with Crippen molar-refractivity contribution in [3.05, 3.63) is 85.1 Å². The number of hydrogen-bond donors (Lipinski definition) is 0. The maximum absolute atomic E-state index is 12.8. The van der Waals surface area contributed by atoms with Crippen LogP contribution in [0.15, 0.2) is 85.1 Å². The van der Waals surface area contributed by atoms with Crippen LogP contribution in [0.4, 0.5) is 0 Å². The van der Waals surface area contributed by atoms with Crippen LogP contribution >= 0.6 is 0 Å². The van der Waals surface area contributed by atoms with Crippen LogP contribution in [0.3, 0.4) is 0 Å². The van der Waals surface area contributed by atoms with Gasteiger partial charge >= 0.3 is 11.9 Å². The van der Waals surface area contributed by atoms with Gasteiger partial charge in [-0.1, -0.05) is 189 Å². The van der Waals surface area contributed by atoms with Gasteiger partial charge in [0.1, 0.15) is 12.6 Å². The Morgan fingerprint density at radius 3 is 1.27 bits per heavy atom. The second-order valence-electron chi connectivity index (χ2n) is 18.7. The fourth-order valence-electron chi connectivity index (χ4n) is 7.42. The van der Waals surface area contributed by atoms with Crippen molar-refractivity contribution in [3.63, 3.8) is 0 Å². The molecule has 66 heavy (non-hydrogen) atoms. The summed E-state index contributed by atoms with van der Waals surface area (Å²) in [7, 11) is 5.40. The summed E-state index contributed by atoms with van der Waals surface area (Å²) in [5.74, 6) is -1.79. The standard InChI is InChI=1S/C58H99NO7/c1-6-8-10-12-14-16-18-20-22-24-26-27-28-29-31-32-34-36-38-40-42-44-46-48-56(60)65-53-54(52-64-51-50-55(58(62)63)59(3,4)5)66-57(61)49-47-45-43-41-39-37-35-33-30-25-23-21-19-17-15-13-11-9-7-2/h9,11,15,17,21,23,26-27,29-31,33,37,39,54-55H,6-8,10,12-14,16,18-20,22,24-25,28,32,34-36,38,40-53H2,1-5H3/b11-9+,17-15+,23-21+,27-26+,31-29+,33-30+,39-37+. The molecule has 0 aromatic carbocycles. The van der Waals surface area contributed by atoms with Crippen LogP contribution < -0.4 is 5.11 Å². The molecule has 0 aliphatic carbocycles. The number of carboxylic acids is 1. The number of aliphatic carboxylic acids is 1. The predicted molar refractivity (Wildman–Crippen MR) is 277 cm³/mol. The van der Waals surface area contributed by atoms with Crippen molar-refractivity contribution in [2.24, 2.45) is 0 Å². The summed E-state index contributed by atoms with van der Waals surface area (Å²) in [5, 5.41) is 11.7. The highest BCUT2D eigenvalue weighted by Crippen LogP contribution is 2.14. The molecule has 0 radical (unpaired) electrons. The van der Waals surface area contributed by atoms with E-state index in [1.165, 1.54) is 89.9 Å². The summed E-state index contributed by atoms with van der Waals surface area (Å²) >= 11 is 0. The molecule has 378 valence electrons. The third-order valence-corrected chi connectivity index (χ3v) is 11.5. The molecule has 0 bridgehead atoms. The molecule has 0 spiro atoms. The number of esters is 2. The number of hydrogen-bond acceptors (Lipinski definition) is 7. The number of allylic oxidation sites excluding steroid dienone is 14. The molecule has 0 amide bonds. The van der Waals surface area contributed by atoms with Gasteiger partial charge in [-0.3, -0.25) is 9.59 Å². The topological polar surface area (TPSA) is 102 Å². The van der Waals surface area contributed by atoms with E-state index in [9.17, 15) is 19.5 Å². The summed E-state index contributed by atoms with van der Waals surface area (Å²) in [5.41, 5.74) is 0. The zero-order chi connectivity index (χ0) is 48.4. The summed E-state index contributed by atoms with van der Waals surface area (Å²) in [6.07, 6.45) is 63.3. The SMILES string of the molecule is CC/C=C/C/C=C/C/C=C/C/C=C/C/C=C/CCCCCC(=O)OC(COCCC(C(=O)[O-])[N+](C)(C)C)COC(=O)CCCCCCCCC/C=C/C/C=C/CCCCCCCCCCC. The molecular weight excluding hydrogens is 823 g/mol. The van der Waals surface area contributed by atoms with Crippen molar-refractivity contribution >= 4 is 17.9 Å². The van der Waals surface area contributed by atoms with Gasteiger partial charge in [0.25, 0.3) is 0 Å². The average molecular weight is 922 g/mol. The Hall–Kier alpha value is -3.49. The van der Waals surface area contributed by atoms with Crippen molar-refractivity contribution in [1.29, 1.82) is 0 Å². The monoisotopic (exact) mass is 922 g/mol. The molecule has 0 fully saturated rings. The average Bonchev–Trinajstić information content (AvgIpc) is 3.28. The van der Waals surface area contributed by atoms with E-state index in [4.69, 9.17) is 14.2 Å². The highest BCUT2D eigenvalue weighted by atomic mass is 16.6. The molecule has 0 aliphatic heterocycles. The lowest BCUT2D eigenvalue weighted by atomic mass is 10.1. The van der Waals surface area contributed by atoms with E-state index in [0.717, 1.165) is 83.5 Å². The number of nitrogens with zero attached hydrogens (tertiary/aromatic N) is 1. The highest BCUT2D eigenvalue weighted by Gasteiger charge is 2.25. The predicted octanol–water partition coefficient (Wildman–Crippen LogP) is 14.3. The van der Waals surface area contributed by atoms with Crippen LogP contribution in [0.1, 0.15) is 213 Å². The Labute approximate surface area is 405 Å². The number of carbonyl (C=O) groups excluding carboxylic acids is 3. The van der Waals surface area contributed by atoms with E-state index in [1.807, 2.05) is 0 Å². The van der Waals surface area contributed by atoms with E-state index in [1.54, 1.807) is 21.1 Å². The van der Waals surface area contributed by atoms with E-state index in [0.29, 0.717) is 12.8 Å². The Kier molecular flexibility index (Phi) is 45.4. The van der Waals surface area contributed by atoms with Crippen LogP contribution in [0, 0.1) is 0 Å². The Balaban J connectivity index is 4.30. The molecule has 0 saturated heterocycles. The largest absolute Gasteiger partial charge is 0.544 e. The van der Waals surface area contributed by atoms with Crippen LogP contribution in [-0.4, -0.2) is 75.5 Å². The van der Waals surface area contributed by atoms with Crippen molar-refractivity contribution in [1.82, 2.24) is 0 Å². The molecular formula is C58H99NO7. The minimum Gasteiger partial charge on any atom is -0.544 e. The fourth-order valence-corrected chi connectivity index (χ4v) is 7.42. The third kappa shape index (κ3) is 45.7. The number of ether oxygens (including phenoxy) is 3. The molecule has 2 unspecified atom stereocenters. The van der Waals surface area contributed by atoms with Gasteiger partial charge in [-0.2, -0.15) is 0 Å². The quantitative estimate of drug-likeness (QED) is 0.0259. The van der Waals surface area contributed by atoms with Gasteiger partial charge in [-0.05, 0) is 89.9 Å². The molecule has 0 aromatic heterocycles. The zero-order valence-corrected chi connectivity index (χ0v) is 43.1. The van der Waals surface area contributed by atoms with Crippen LogP contribution in [0.25, 0.3) is 0 Å². The summed E-state index contributed by atoms with van der Waals surface area (Å²) in [6, 6.07) is -0.739. The van der Waals surface area contributed by atoms with Crippen molar-refractivity contribution in [2.45, 2.75) is 225 Å². The molecule has 8 heteroatoms. The number of unbranched alkanes of at least 4 members (excludes halogenated alkanes) is 19. The molecule has 0 heterocycles. The first kappa shape index (κ1) is 62.5. The van der Waals surface area contributed by atoms with Gasteiger partial charge in [0.05, 0.1) is 40.3 Å². The summed E-state index contributed by atoms with van der Waals surface area (Å²) in [4.78, 5) is 37.1. The highest BCUT2D eigenvalue weighted by molar-refractivity contribution is 5.70. The smallest absolute Gasteiger partial charge is 0.306 e. The van der Waals surface area contributed by atoms with Gasteiger partial charge in [-0.15, -0.1) is 0 Å². The summed E-state index contributed by atoms with van der Waals surface area (Å²) in [6.45, 7) is 4.51. The number of carboxylic acid groups (broad SMARTS) is 1. The number of likely N-dealkylation sites (N-methyl/N-ethyl adjacent to an activating group) is 1. The third-order valence-electron chi connectivity index (χ3n) is 11.5. The van der Waals surface area contributed by atoms with Crippen molar-refractivity contribution in [3.8, 4) is 0 Å². The Morgan fingerprint density at radius 1 is 0.470 bits per heavy atom. The minimum absolute atomic E-state index is 0.0201. The fraction of sp³-hybridized carbons (Fsp3) is 0.707. The maximum atomic E-state index is 12.8. The van der Waals surface area contributed by atoms with Crippen LogP contribution in [0.2, 0.25) is 0 Å². The lowest BCUT2D eigenvalue weighted by molar-refractivity contribution is -0.889. The molecule has 2 atom stereocenters. The lowest BCUT2D eigenvalue weighted by Gasteiger charge is -2.34. The Morgan fingerprint density at radius 2 is 0.848 bits per heavy atom. The van der Waals surface area contributed by atoms with Gasteiger partial charge in [0.15, 0.2) is 6.10 Å². The maximum Gasteiger partial charge on any atom is 0.306 e. The summed E-state index contributed by atoms with van der Waals surface area (Å²) < 4.78 is 17.2. The van der Waals surface area contributed by atoms with E-state index >= 15 is 0 Å². The lowest BCUT2D eigenvalue weighted by Crippen LogP contribution is -2.55. The van der Waals surface area contributed by atoms with Gasteiger partial charge < -0.3 is 28.6 Å². The second kappa shape index (κ2) is 48.0. The first-order valence-corrected chi connectivity index (χ1v) is 26.6. The molecule has 0 aromatic rings. The van der Waals surface area contributed by atoms with Crippen molar-refractivity contribution < 1.29 is 38.2 Å². The van der Waals surface area contributed by atoms with Gasteiger partial charge in [0, 0.05) is 19.3 Å². The second-order valence-corrected chi connectivity index (χ2v) is 18.7. The van der Waals surface area contributed by atoms with Crippen LogP contribution in [0.5, 0.6) is 0 Å². The molecule has 0 saturated carbocycles. The molecule has 8 nitrogen and oxygen atoms in total. The molecule has 0 rings (SSSR count). The molecule has 0 N–H and O–H groups in total. The van der Waals surface area contributed by atoms with Crippen molar-refractivity contribution in [2.75, 3.05) is 41.0 Å². The number of rotatable bonds is 47. The Bertz CT molecular complexity index is 1350. The molecule has 0 aliphatic rings. The van der Waals surface area contributed by atoms with E-state index in [2.05, 4.69) is 98.9 Å². The first-order valence-electron chi connectivity index (χ1n) is 26.6. The van der Waals surface area contributed by atoms with Crippen LogP contribution in [-0.2, 0) is 28.6 Å². The zero-order valence-electron chi connectivity index (χ0n) is 43.1. The normalized spacial score (nSPS) is 13.5. The number of carbonyl (C=O) groups is 3. The van der Waals surface area contributed by atoms with E-state index < -0.39 is 18.1 Å². The van der Waals surface area contributed by atoms with Gasteiger partial charge in [-0.25, -0.2) is 0 Å². The first-order chi connectivity index (χ1) is 32.1. The number of quaternary nitrogens is 1. The van der Waals surface area contributed by atoms with Gasteiger partial charge in [0.2, 0.25) is 0 Å². The van der Waals surface area contributed by atoms with E-state index in [-0.39, 0.29) is 49.1 Å². The minimum atomic E-state index is -1.13.